The van der Waals surface area contributed by atoms with Gasteiger partial charge in [-0.05, 0) is 23.3 Å². The van der Waals surface area contributed by atoms with Gasteiger partial charge in [-0.1, -0.05) is 24.3 Å². The van der Waals surface area contributed by atoms with E-state index in [1.807, 2.05) is 12.1 Å². The van der Waals surface area contributed by atoms with Crippen LogP contribution in [0.25, 0.3) is 0 Å². The van der Waals surface area contributed by atoms with Crippen molar-refractivity contribution in [3.05, 3.63) is 65.2 Å². The van der Waals surface area contributed by atoms with Gasteiger partial charge >= 0.3 is 0 Å². The Morgan fingerprint density at radius 1 is 1.26 bits per heavy atom. The van der Waals surface area contributed by atoms with Crippen molar-refractivity contribution < 1.29 is 14.3 Å². The topological polar surface area (TPSA) is 62.2 Å². The van der Waals surface area contributed by atoms with Crippen LogP contribution >= 0.6 is 0 Å². The highest BCUT2D eigenvalue weighted by atomic mass is 19.1. The molecule has 4 nitrogen and oxygen atoms in total. The lowest BCUT2D eigenvalue weighted by atomic mass is 10.1. The van der Waals surface area contributed by atoms with Gasteiger partial charge in [-0.25, -0.2) is 9.37 Å². The quantitative estimate of drug-likeness (QED) is 0.878. The predicted octanol–water partition coefficient (Wildman–Crippen LogP) is 1.64. The highest BCUT2D eigenvalue weighted by Gasteiger charge is 2.06. The Bertz CT molecular complexity index is 570. The first-order valence-electron chi connectivity index (χ1n) is 5.77. The maximum atomic E-state index is 12.7. The van der Waals surface area contributed by atoms with Crippen LogP contribution in [-0.4, -0.2) is 16.0 Å². The third kappa shape index (κ3) is 3.59. The molecule has 2 N–H and O–H groups in total. The maximum Gasteiger partial charge on any atom is 0.270 e. The van der Waals surface area contributed by atoms with E-state index in [9.17, 15) is 9.18 Å². The van der Waals surface area contributed by atoms with E-state index >= 15 is 0 Å². The first-order chi connectivity index (χ1) is 9.19. The number of benzene rings is 1. The number of aliphatic hydroxyl groups is 1. The van der Waals surface area contributed by atoms with Gasteiger partial charge in [0.15, 0.2) is 0 Å². The number of carbonyl (C=O) groups is 1. The van der Waals surface area contributed by atoms with Gasteiger partial charge in [-0.2, -0.15) is 0 Å². The fraction of sp³-hybridized carbons (Fsp3) is 0.143. The molecule has 0 fully saturated rings. The Labute approximate surface area is 109 Å². The van der Waals surface area contributed by atoms with Crippen molar-refractivity contribution in [3.8, 4) is 0 Å². The van der Waals surface area contributed by atoms with Gasteiger partial charge in [0, 0.05) is 6.54 Å². The fourth-order valence-electron chi connectivity index (χ4n) is 1.62. The van der Waals surface area contributed by atoms with Crippen molar-refractivity contribution in [3.63, 3.8) is 0 Å². The summed E-state index contributed by atoms with van der Waals surface area (Å²) in [6, 6.07) is 9.77. The highest BCUT2D eigenvalue weighted by Crippen LogP contribution is 2.05. The Balaban J connectivity index is 1.98. The minimum absolute atomic E-state index is 0.0404. The van der Waals surface area contributed by atoms with Crippen LogP contribution in [0.4, 0.5) is 4.39 Å². The van der Waals surface area contributed by atoms with Crippen LogP contribution in [0.3, 0.4) is 0 Å². The number of halogens is 1. The smallest absolute Gasteiger partial charge is 0.270 e. The lowest BCUT2D eigenvalue weighted by Gasteiger charge is -2.06. The molecule has 1 aromatic carbocycles. The molecule has 0 saturated carbocycles. The third-order valence-electron chi connectivity index (χ3n) is 2.59. The summed E-state index contributed by atoms with van der Waals surface area (Å²) in [5.74, 6) is -0.846. The molecule has 0 aliphatic heterocycles. The summed E-state index contributed by atoms with van der Waals surface area (Å²) in [5, 5.41) is 11.7. The van der Waals surface area contributed by atoms with Gasteiger partial charge in [0.1, 0.15) is 11.5 Å². The number of nitrogens with one attached hydrogen (secondary N) is 1. The molecule has 1 amide bonds. The molecule has 0 spiro atoms. The molecule has 0 radical (unpaired) electrons. The number of hydrogen-bond acceptors (Lipinski definition) is 3. The maximum absolute atomic E-state index is 12.7. The van der Waals surface area contributed by atoms with Gasteiger partial charge in [-0.15, -0.1) is 0 Å². The highest BCUT2D eigenvalue weighted by molar-refractivity contribution is 5.92. The molecule has 0 bridgehead atoms. The van der Waals surface area contributed by atoms with E-state index in [2.05, 4.69) is 10.3 Å². The molecule has 0 aliphatic carbocycles. The van der Waals surface area contributed by atoms with E-state index < -0.39 is 5.82 Å². The third-order valence-corrected chi connectivity index (χ3v) is 2.59. The van der Waals surface area contributed by atoms with Crippen molar-refractivity contribution in [2.24, 2.45) is 0 Å². The standard InChI is InChI=1S/C14H13FN2O2/c15-12-4-5-13(16-8-12)14(19)17-7-10-2-1-3-11(6-10)9-18/h1-6,8,18H,7,9H2,(H,17,19). The summed E-state index contributed by atoms with van der Waals surface area (Å²) in [6.45, 7) is 0.285. The summed E-state index contributed by atoms with van der Waals surface area (Å²) in [7, 11) is 0. The second-order valence-corrected chi connectivity index (χ2v) is 4.02. The minimum atomic E-state index is -0.479. The van der Waals surface area contributed by atoms with Gasteiger partial charge in [0.25, 0.3) is 5.91 Å². The normalized spacial score (nSPS) is 10.2. The number of hydrogen-bond donors (Lipinski definition) is 2. The first kappa shape index (κ1) is 13.2. The molecule has 19 heavy (non-hydrogen) atoms. The number of aromatic nitrogens is 1. The lowest BCUT2D eigenvalue weighted by molar-refractivity contribution is 0.0946. The Kier molecular flexibility index (Phi) is 4.20. The van der Waals surface area contributed by atoms with Crippen molar-refractivity contribution in [2.45, 2.75) is 13.2 Å². The second-order valence-electron chi connectivity index (χ2n) is 4.02. The van der Waals surface area contributed by atoms with Crippen molar-refractivity contribution in [2.75, 3.05) is 0 Å². The number of nitrogens with zero attached hydrogens (tertiary/aromatic N) is 1. The zero-order valence-corrected chi connectivity index (χ0v) is 10.1. The van der Waals surface area contributed by atoms with Crippen LogP contribution in [0, 0.1) is 5.82 Å². The largest absolute Gasteiger partial charge is 0.392 e. The number of pyridine rings is 1. The van der Waals surface area contributed by atoms with Crippen molar-refractivity contribution in [1.29, 1.82) is 0 Å². The van der Waals surface area contributed by atoms with Gasteiger partial charge in [-0.3, -0.25) is 4.79 Å². The number of amides is 1. The molecule has 5 heteroatoms. The van der Waals surface area contributed by atoms with E-state index in [1.165, 1.54) is 12.1 Å². The molecular weight excluding hydrogens is 247 g/mol. The molecule has 0 saturated heterocycles. The molecule has 1 aromatic heterocycles. The Hall–Kier alpha value is -2.27. The summed E-state index contributed by atoms with van der Waals surface area (Å²) >= 11 is 0. The number of aliphatic hydroxyl groups excluding tert-OH is 1. The SMILES string of the molecule is O=C(NCc1cccc(CO)c1)c1ccc(F)cn1. The summed E-state index contributed by atoms with van der Waals surface area (Å²) in [4.78, 5) is 15.4. The van der Waals surface area contributed by atoms with E-state index in [0.29, 0.717) is 6.54 Å². The van der Waals surface area contributed by atoms with Gasteiger partial charge in [0.05, 0.1) is 12.8 Å². The average molecular weight is 260 g/mol. The van der Waals surface area contributed by atoms with E-state index in [0.717, 1.165) is 17.3 Å². The lowest BCUT2D eigenvalue weighted by Crippen LogP contribution is -2.23. The van der Waals surface area contributed by atoms with Crippen LogP contribution in [0.5, 0.6) is 0 Å². The van der Waals surface area contributed by atoms with Gasteiger partial charge in [0.2, 0.25) is 0 Å². The molecule has 2 rings (SSSR count). The molecule has 98 valence electrons. The number of carbonyl (C=O) groups excluding carboxylic acids is 1. The van der Waals surface area contributed by atoms with Crippen molar-refractivity contribution >= 4 is 5.91 Å². The van der Waals surface area contributed by atoms with E-state index in [4.69, 9.17) is 5.11 Å². The first-order valence-corrected chi connectivity index (χ1v) is 5.77. The predicted molar refractivity (Wildman–Crippen MR) is 67.7 cm³/mol. The summed E-state index contributed by atoms with van der Waals surface area (Å²) < 4.78 is 12.7. The molecular formula is C14H13FN2O2. The van der Waals surface area contributed by atoms with Gasteiger partial charge < -0.3 is 10.4 Å². The summed E-state index contributed by atoms with van der Waals surface area (Å²) in [5.41, 5.74) is 1.83. The molecule has 2 aromatic rings. The molecule has 0 atom stereocenters. The van der Waals surface area contributed by atoms with Crippen LogP contribution < -0.4 is 5.32 Å². The zero-order valence-electron chi connectivity index (χ0n) is 10.1. The Morgan fingerprint density at radius 3 is 2.74 bits per heavy atom. The zero-order chi connectivity index (χ0) is 13.7. The fourth-order valence-corrected chi connectivity index (χ4v) is 1.62. The number of rotatable bonds is 4. The molecule has 0 unspecified atom stereocenters. The van der Waals surface area contributed by atoms with Crippen LogP contribution in [0.15, 0.2) is 42.6 Å². The average Bonchev–Trinajstić information content (AvgIpc) is 2.46. The minimum Gasteiger partial charge on any atom is -0.392 e. The van der Waals surface area contributed by atoms with Crippen LogP contribution in [-0.2, 0) is 13.2 Å². The van der Waals surface area contributed by atoms with E-state index in [1.54, 1.807) is 12.1 Å². The van der Waals surface area contributed by atoms with Crippen molar-refractivity contribution in [1.82, 2.24) is 10.3 Å². The van der Waals surface area contributed by atoms with Crippen LogP contribution in [0.2, 0.25) is 0 Å². The van der Waals surface area contributed by atoms with E-state index in [-0.39, 0.29) is 18.2 Å². The Morgan fingerprint density at radius 2 is 2.05 bits per heavy atom. The van der Waals surface area contributed by atoms with Crippen LogP contribution in [0.1, 0.15) is 21.6 Å². The second kappa shape index (κ2) is 6.06. The molecule has 0 aliphatic rings. The monoisotopic (exact) mass is 260 g/mol. The summed E-state index contributed by atoms with van der Waals surface area (Å²) in [6.07, 6.45) is 1.00. The molecule has 1 heterocycles.